The molecule has 0 aliphatic heterocycles. The second-order valence-electron chi connectivity index (χ2n) is 5.45. The van der Waals surface area contributed by atoms with E-state index >= 15 is 0 Å². The minimum Gasteiger partial charge on any atom is -0.494 e. The van der Waals surface area contributed by atoms with Crippen LogP contribution in [-0.4, -0.2) is 6.61 Å². The Balaban J connectivity index is 1.86. The largest absolute Gasteiger partial charge is 0.494 e. The molecule has 21 heavy (non-hydrogen) atoms. The van der Waals surface area contributed by atoms with Crippen molar-refractivity contribution < 1.29 is 4.74 Å². The molecule has 0 bridgehead atoms. The van der Waals surface area contributed by atoms with E-state index in [1.165, 1.54) is 11.1 Å². The first-order valence-corrected chi connectivity index (χ1v) is 8.55. The van der Waals surface area contributed by atoms with E-state index in [9.17, 15) is 0 Å². The molecule has 1 aliphatic carbocycles. The predicted molar refractivity (Wildman–Crippen MR) is 91.2 cm³/mol. The van der Waals surface area contributed by atoms with Gasteiger partial charge in [0, 0.05) is 10.0 Å². The Morgan fingerprint density at radius 1 is 1.19 bits per heavy atom. The molecule has 3 heteroatoms. The van der Waals surface area contributed by atoms with Gasteiger partial charge in [0.05, 0.1) is 12.0 Å². The summed E-state index contributed by atoms with van der Waals surface area (Å²) in [6, 6.07) is 14.7. The van der Waals surface area contributed by atoms with Gasteiger partial charge in [-0.05, 0) is 55.0 Å². The van der Waals surface area contributed by atoms with E-state index in [0.717, 1.165) is 28.6 Å². The Labute approximate surface area is 139 Å². The summed E-state index contributed by atoms with van der Waals surface area (Å²) >= 11 is 10.4. The van der Waals surface area contributed by atoms with Crippen molar-refractivity contribution in [1.82, 2.24) is 0 Å². The van der Waals surface area contributed by atoms with Crippen LogP contribution in [0.2, 0.25) is 0 Å². The molecule has 0 amide bonds. The summed E-state index contributed by atoms with van der Waals surface area (Å²) in [6.07, 6.45) is 2.09. The molecule has 1 nitrogen and oxygen atoms in total. The number of alkyl halides is 1. The van der Waals surface area contributed by atoms with Crippen LogP contribution in [-0.2, 0) is 12.8 Å². The molecule has 0 saturated heterocycles. The summed E-state index contributed by atoms with van der Waals surface area (Å²) in [5.74, 6) is 1.33. The lowest BCUT2D eigenvalue weighted by atomic mass is 9.95. The normalized spacial score (nSPS) is 15.8. The zero-order valence-corrected chi connectivity index (χ0v) is 14.3. The number of halogens is 2. The molecular weight excluding hydrogens is 348 g/mol. The zero-order chi connectivity index (χ0) is 14.8. The average molecular weight is 366 g/mol. The van der Waals surface area contributed by atoms with Gasteiger partial charge in [0.2, 0.25) is 0 Å². The van der Waals surface area contributed by atoms with Crippen molar-refractivity contribution in [2.24, 2.45) is 5.92 Å². The monoisotopic (exact) mass is 364 g/mol. The van der Waals surface area contributed by atoms with Crippen LogP contribution in [0.1, 0.15) is 29.0 Å². The Bertz CT molecular complexity index is 616. The Kier molecular flexibility index (Phi) is 4.56. The molecule has 1 unspecified atom stereocenters. The molecule has 0 heterocycles. The lowest BCUT2D eigenvalue weighted by Crippen LogP contribution is -2.10. The van der Waals surface area contributed by atoms with Crippen LogP contribution in [0.25, 0.3) is 0 Å². The van der Waals surface area contributed by atoms with Crippen LogP contribution >= 0.6 is 27.5 Å². The highest BCUT2D eigenvalue weighted by Gasteiger charge is 2.30. The van der Waals surface area contributed by atoms with Crippen LogP contribution in [0.3, 0.4) is 0 Å². The highest BCUT2D eigenvalue weighted by Crippen LogP contribution is 2.43. The lowest BCUT2D eigenvalue weighted by Gasteiger charge is -2.20. The first-order valence-electron chi connectivity index (χ1n) is 7.32. The molecule has 0 fully saturated rings. The quantitative estimate of drug-likeness (QED) is 0.646. The molecule has 1 atom stereocenters. The summed E-state index contributed by atoms with van der Waals surface area (Å²) in [5.41, 5.74) is 3.95. The van der Waals surface area contributed by atoms with Gasteiger partial charge in [-0.1, -0.05) is 40.2 Å². The van der Waals surface area contributed by atoms with E-state index in [1.807, 2.05) is 19.1 Å². The van der Waals surface area contributed by atoms with E-state index in [1.54, 1.807) is 0 Å². The molecule has 0 aromatic heterocycles. The second kappa shape index (κ2) is 6.41. The van der Waals surface area contributed by atoms with Crippen LogP contribution in [0, 0.1) is 5.92 Å². The smallest absolute Gasteiger partial charge is 0.124 e. The van der Waals surface area contributed by atoms with Gasteiger partial charge in [-0.15, -0.1) is 11.6 Å². The summed E-state index contributed by atoms with van der Waals surface area (Å²) in [7, 11) is 0. The predicted octanol–water partition coefficient (Wildman–Crippen LogP) is 5.54. The zero-order valence-electron chi connectivity index (χ0n) is 12.0. The van der Waals surface area contributed by atoms with Gasteiger partial charge in [-0.25, -0.2) is 0 Å². The third-order valence-electron chi connectivity index (χ3n) is 4.07. The van der Waals surface area contributed by atoms with Gasteiger partial charge in [-0.2, -0.15) is 0 Å². The molecule has 2 aromatic carbocycles. The van der Waals surface area contributed by atoms with E-state index in [0.29, 0.717) is 12.5 Å². The standard InChI is InChI=1S/C18H18BrClO/c1-2-21-17-8-7-15(19)11-16(17)18(20)14-9-12-5-3-4-6-13(12)10-14/h3-8,11,14,18H,2,9-10H2,1H3. The minimum absolute atomic E-state index is 0.0311. The molecule has 0 N–H and O–H groups in total. The summed E-state index contributed by atoms with van der Waals surface area (Å²) in [5, 5.41) is -0.0311. The molecular formula is C18H18BrClO. The van der Waals surface area contributed by atoms with Crippen LogP contribution in [0.15, 0.2) is 46.9 Å². The topological polar surface area (TPSA) is 9.23 Å². The van der Waals surface area contributed by atoms with Gasteiger partial charge in [0.1, 0.15) is 5.75 Å². The average Bonchev–Trinajstić information content (AvgIpc) is 2.92. The second-order valence-corrected chi connectivity index (χ2v) is 6.84. The summed E-state index contributed by atoms with van der Waals surface area (Å²) in [4.78, 5) is 0. The van der Waals surface area contributed by atoms with E-state index in [2.05, 4.69) is 46.3 Å². The molecule has 1 aliphatic rings. The Hall–Kier alpha value is -0.990. The summed E-state index contributed by atoms with van der Waals surface area (Å²) < 4.78 is 6.79. The molecule has 3 rings (SSSR count). The maximum absolute atomic E-state index is 6.81. The van der Waals surface area contributed by atoms with Gasteiger partial charge in [0.25, 0.3) is 0 Å². The van der Waals surface area contributed by atoms with Gasteiger partial charge in [-0.3, -0.25) is 0 Å². The number of hydrogen-bond donors (Lipinski definition) is 0. The molecule has 0 saturated carbocycles. The first-order chi connectivity index (χ1) is 10.2. The number of fused-ring (bicyclic) bond motifs is 1. The SMILES string of the molecule is CCOc1ccc(Br)cc1C(Cl)C1Cc2ccccc2C1. The third-order valence-corrected chi connectivity index (χ3v) is 5.15. The van der Waals surface area contributed by atoms with Crippen molar-refractivity contribution >= 4 is 27.5 Å². The van der Waals surface area contributed by atoms with E-state index < -0.39 is 0 Å². The van der Waals surface area contributed by atoms with Crippen molar-refractivity contribution in [3.63, 3.8) is 0 Å². The number of rotatable bonds is 4. The number of hydrogen-bond acceptors (Lipinski definition) is 1. The molecule has 0 spiro atoms. The Morgan fingerprint density at radius 3 is 2.48 bits per heavy atom. The molecule has 2 aromatic rings. The van der Waals surface area contributed by atoms with Gasteiger partial charge in [0.15, 0.2) is 0 Å². The van der Waals surface area contributed by atoms with Crippen LogP contribution in [0.5, 0.6) is 5.75 Å². The highest BCUT2D eigenvalue weighted by atomic mass is 79.9. The lowest BCUT2D eigenvalue weighted by molar-refractivity contribution is 0.333. The number of ether oxygens (including phenoxy) is 1. The van der Waals surface area contributed by atoms with Crippen molar-refractivity contribution in [1.29, 1.82) is 0 Å². The molecule has 110 valence electrons. The third kappa shape index (κ3) is 3.12. The number of benzene rings is 2. The minimum atomic E-state index is -0.0311. The van der Waals surface area contributed by atoms with Crippen molar-refractivity contribution in [3.8, 4) is 5.75 Å². The first kappa shape index (κ1) is 14.9. The molecule has 0 radical (unpaired) electrons. The maximum Gasteiger partial charge on any atom is 0.124 e. The maximum atomic E-state index is 6.81. The van der Waals surface area contributed by atoms with Crippen molar-refractivity contribution in [3.05, 3.63) is 63.6 Å². The fraction of sp³-hybridized carbons (Fsp3) is 0.333. The van der Waals surface area contributed by atoms with Crippen molar-refractivity contribution in [2.45, 2.75) is 25.1 Å². The highest BCUT2D eigenvalue weighted by molar-refractivity contribution is 9.10. The van der Waals surface area contributed by atoms with Crippen molar-refractivity contribution in [2.75, 3.05) is 6.61 Å². The van der Waals surface area contributed by atoms with Crippen LogP contribution < -0.4 is 4.74 Å². The fourth-order valence-corrected chi connectivity index (χ4v) is 3.80. The Morgan fingerprint density at radius 2 is 1.86 bits per heavy atom. The van der Waals surface area contributed by atoms with E-state index in [4.69, 9.17) is 16.3 Å². The summed E-state index contributed by atoms with van der Waals surface area (Å²) in [6.45, 7) is 2.66. The van der Waals surface area contributed by atoms with Gasteiger partial charge >= 0.3 is 0 Å². The van der Waals surface area contributed by atoms with Gasteiger partial charge < -0.3 is 4.74 Å². The van der Waals surface area contributed by atoms with E-state index in [-0.39, 0.29) is 5.38 Å². The fourth-order valence-electron chi connectivity index (χ4n) is 3.08. The van der Waals surface area contributed by atoms with Crippen LogP contribution in [0.4, 0.5) is 0 Å².